The van der Waals surface area contributed by atoms with E-state index in [4.69, 9.17) is 5.73 Å². The Morgan fingerprint density at radius 1 is 1.35 bits per heavy atom. The zero-order valence-electron chi connectivity index (χ0n) is 9.17. The number of benzene rings is 1. The summed E-state index contributed by atoms with van der Waals surface area (Å²) < 4.78 is 13.6. The van der Waals surface area contributed by atoms with E-state index < -0.39 is 0 Å². The fourth-order valence-corrected chi connectivity index (χ4v) is 1.84. The standard InChI is InChI=1S/C12H11BrFN3/c1-7-4-5-16-12(11(7)15)17-10-3-2-8(14)6-9(10)13/h2-6H,15H2,1H3,(H,16,17). The molecule has 0 saturated carbocycles. The van der Waals surface area contributed by atoms with E-state index in [0.29, 0.717) is 16.0 Å². The van der Waals surface area contributed by atoms with Gasteiger partial charge in [-0.05, 0) is 52.7 Å². The first-order valence-corrected chi connectivity index (χ1v) is 5.80. The molecule has 0 radical (unpaired) electrons. The molecule has 0 aliphatic carbocycles. The average Bonchev–Trinajstić information content (AvgIpc) is 2.28. The minimum atomic E-state index is -0.299. The van der Waals surface area contributed by atoms with Gasteiger partial charge in [-0.1, -0.05) is 0 Å². The van der Waals surface area contributed by atoms with Gasteiger partial charge in [-0.15, -0.1) is 0 Å². The Hall–Kier alpha value is -1.62. The van der Waals surface area contributed by atoms with E-state index in [1.165, 1.54) is 12.1 Å². The van der Waals surface area contributed by atoms with Crippen molar-refractivity contribution in [2.24, 2.45) is 0 Å². The highest BCUT2D eigenvalue weighted by Gasteiger charge is 2.06. The van der Waals surface area contributed by atoms with Gasteiger partial charge in [0.15, 0.2) is 5.82 Å². The topological polar surface area (TPSA) is 50.9 Å². The summed E-state index contributed by atoms with van der Waals surface area (Å²) in [5.74, 6) is 0.268. The van der Waals surface area contributed by atoms with Gasteiger partial charge in [-0.3, -0.25) is 0 Å². The van der Waals surface area contributed by atoms with Gasteiger partial charge < -0.3 is 11.1 Å². The van der Waals surface area contributed by atoms with E-state index in [1.807, 2.05) is 13.0 Å². The van der Waals surface area contributed by atoms with Crippen molar-refractivity contribution in [1.82, 2.24) is 4.98 Å². The lowest BCUT2D eigenvalue weighted by molar-refractivity contribution is 0.627. The fraction of sp³-hybridized carbons (Fsp3) is 0.0833. The van der Waals surface area contributed by atoms with Crippen LogP contribution in [0.5, 0.6) is 0 Å². The second kappa shape index (κ2) is 4.71. The van der Waals surface area contributed by atoms with Crippen LogP contribution < -0.4 is 11.1 Å². The van der Waals surface area contributed by atoms with Gasteiger partial charge in [0.05, 0.1) is 11.4 Å². The number of halogens is 2. The number of hydrogen-bond acceptors (Lipinski definition) is 3. The molecule has 2 aromatic rings. The summed E-state index contributed by atoms with van der Waals surface area (Å²) >= 11 is 3.28. The summed E-state index contributed by atoms with van der Waals surface area (Å²) in [6.07, 6.45) is 1.67. The lowest BCUT2D eigenvalue weighted by Gasteiger charge is -2.11. The highest BCUT2D eigenvalue weighted by atomic mass is 79.9. The van der Waals surface area contributed by atoms with Crippen molar-refractivity contribution in [1.29, 1.82) is 0 Å². The smallest absolute Gasteiger partial charge is 0.153 e. The zero-order chi connectivity index (χ0) is 12.4. The van der Waals surface area contributed by atoms with E-state index in [1.54, 1.807) is 12.3 Å². The summed E-state index contributed by atoms with van der Waals surface area (Å²) in [6, 6.07) is 6.22. The van der Waals surface area contributed by atoms with E-state index in [9.17, 15) is 4.39 Å². The van der Waals surface area contributed by atoms with E-state index >= 15 is 0 Å². The van der Waals surface area contributed by atoms with Gasteiger partial charge in [0.1, 0.15) is 5.82 Å². The first-order chi connectivity index (χ1) is 8.08. The SMILES string of the molecule is Cc1ccnc(Nc2ccc(F)cc2Br)c1N. The summed E-state index contributed by atoms with van der Waals surface area (Å²) in [4.78, 5) is 4.15. The molecule has 0 bridgehead atoms. The number of hydrogen-bond donors (Lipinski definition) is 2. The Morgan fingerprint density at radius 3 is 2.82 bits per heavy atom. The number of nitrogens with one attached hydrogen (secondary N) is 1. The third-order valence-corrected chi connectivity index (χ3v) is 3.05. The second-order valence-corrected chi connectivity index (χ2v) is 4.49. The van der Waals surface area contributed by atoms with Crippen LogP contribution in [0.1, 0.15) is 5.56 Å². The molecule has 3 nitrogen and oxygen atoms in total. The Balaban J connectivity index is 2.35. The first-order valence-electron chi connectivity index (χ1n) is 5.01. The molecule has 0 atom stereocenters. The first kappa shape index (κ1) is 11.9. The number of rotatable bonds is 2. The van der Waals surface area contributed by atoms with Crippen LogP contribution in [0.4, 0.5) is 21.6 Å². The molecule has 0 spiro atoms. The number of nitrogens with zero attached hydrogens (tertiary/aromatic N) is 1. The zero-order valence-corrected chi connectivity index (χ0v) is 10.8. The molecule has 0 aliphatic rings. The molecule has 0 fully saturated rings. The Labute approximate surface area is 107 Å². The molecule has 1 aromatic heterocycles. The molecule has 1 aromatic carbocycles. The molecule has 2 rings (SSSR count). The molecule has 0 unspecified atom stereocenters. The molecule has 3 N–H and O–H groups in total. The molecular formula is C12H11BrFN3. The molecular weight excluding hydrogens is 285 g/mol. The number of anilines is 3. The largest absolute Gasteiger partial charge is 0.396 e. The van der Waals surface area contributed by atoms with Crippen molar-refractivity contribution >= 4 is 33.1 Å². The Bertz CT molecular complexity index is 557. The Morgan fingerprint density at radius 2 is 2.12 bits per heavy atom. The second-order valence-electron chi connectivity index (χ2n) is 3.64. The van der Waals surface area contributed by atoms with E-state index in [0.717, 1.165) is 11.3 Å². The van der Waals surface area contributed by atoms with Crippen molar-refractivity contribution in [3.8, 4) is 0 Å². The molecule has 1 heterocycles. The summed E-state index contributed by atoms with van der Waals surface area (Å²) in [5, 5.41) is 3.06. The Kier molecular flexibility index (Phi) is 3.28. The monoisotopic (exact) mass is 295 g/mol. The number of aromatic nitrogens is 1. The molecule has 88 valence electrons. The van der Waals surface area contributed by atoms with Crippen molar-refractivity contribution < 1.29 is 4.39 Å². The van der Waals surface area contributed by atoms with Gasteiger partial charge in [0.25, 0.3) is 0 Å². The lowest BCUT2D eigenvalue weighted by atomic mass is 10.2. The predicted molar refractivity (Wildman–Crippen MR) is 70.8 cm³/mol. The van der Waals surface area contributed by atoms with Crippen molar-refractivity contribution in [3.05, 3.63) is 46.3 Å². The molecule has 0 saturated heterocycles. The van der Waals surface area contributed by atoms with Crippen LogP contribution in [-0.2, 0) is 0 Å². The molecule has 5 heteroatoms. The quantitative estimate of drug-likeness (QED) is 0.890. The molecule has 0 amide bonds. The van der Waals surface area contributed by atoms with Crippen LogP contribution in [0.25, 0.3) is 0 Å². The lowest BCUT2D eigenvalue weighted by Crippen LogP contribution is -2.01. The van der Waals surface area contributed by atoms with Gasteiger partial charge in [0, 0.05) is 10.7 Å². The van der Waals surface area contributed by atoms with Gasteiger partial charge >= 0.3 is 0 Å². The van der Waals surface area contributed by atoms with Crippen molar-refractivity contribution in [2.75, 3.05) is 11.1 Å². The van der Waals surface area contributed by atoms with Gasteiger partial charge in [0.2, 0.25) is 0 Å². The number of nitrogen functional groups attached to an aromatic ring is 1. The number of pyridine rings is 1. The predicted octanol–water partition coefficient (Wildman–Crippen LogP) is 3.62. The van der Waals surface area contributed by atoms with E-state index in [2.05, 4.69) is 26.2 Å². The summed E-state index contributed by atoms with van der Waals surface area (Å²) in [5.41, 5.74) is 8.15. The summed E-state index contributed by atoms with van der Waals surface area (Å²) in [7, 11) is 0. The number of nitrogens with two attached hydrogens (primary N) is 1. The van der Waals surface area contributed by atoms with Crippen molar-refractivity contribution in [2.45, 2.75) is 6.92 Å². The minimum Gasteiger partial charge on any atom is -0.396 e. The van der Waals surface area contributed by atoms with Crippen LogP contribution in [0.15, 0.2) is 34.9 Å². The van der Waals surface area contributed by atoms with Crippen LogP contribution in [0.2, 0.25) is 0 Å². The maximum absolute atomic E-state index is 12.9. The van der Waals surface area contributed by atoms with Crippen LogP contribution in [-0.4, -0.2) is 4.98 Å². The van der Waals surface area contributed by atoms with Gasteiger partial charge in [-0.25, -0.2) is 9.37 Å². The average molecular weight is 296 g/mol. The maximum atomic E-state index is 12.9. The van der Waals surface area contributed by atoms with Crippen LogP contribution in [0, 0.1) is 12.7 Å². The van der Waals surface area contributed by atoms with Gasteiger partial charge in [-0.2, -0.15) is 0 Å². The highest BCUT2D eigenvalue weighted by molar-refractivity contribution is 9.10. The normalized spacial score (nSPS) is 10.3. The fourth-order valence-electron chi connectivity index (χ4n) is 1.39. The third-order valence-electron chi connectivity index (χ3n) is 2.39. The minimum absolute atomic E-state index is 0.299. The van der Waals surface area contributed by atoms with E-state index in [-0.39, 0.29) is 5.82 Å². The maximum Gasteiger partial charge on any atom is 0.153 e. The summed E-state index contributed by atoms with van der Waals surface area (Å²) in [6.45, 7) is 1.90. The highest BCUT2D eigenvalue weighted by Crippen LogP contribution is 2.28. The third kappa shape index (κ3) is 2.55. The number of aryl methyl sites for hydroxylation is 1. The molecule has 0 aliphatic heterocycles. The van der Waals surface area contributed by atoms with Crippen LogP contribution >= 0.6 is 15.9 Å². The van der Waals surface area contributed by atoms with Crippen LogP contribution in [0.3, 0.4) is 0 Å². The van der Waals surface area contributed by atoms with Crippen molar-refractivity contribution in [3.63, 3.8) is 0 Å². The molecule has 17 heavy (non-hydrogen) atoms.